The molecule has 0 fully saturated rings. The molecule has 1 aromatic carbocycles. The maximum Gasteiger partial charge on any atom is 0.0741 e. The van der Waals surface area contributed by atoms with Gasteiger partial charge in [-0.2, -0.15) is 0 Å². The first kappa shape index (κ1) is 12.2. The Morgan fingerprint density at radius 2 is 1.93 bits per heavy atom. The van der Waals surface area contributed by atoms with Crippen molar-refractivity contribution in [3.63, 3.8) is 0 Å². The summed E-state index contributed by atoms with van der Waals surface area (Å²) in [6.45, 7) is 6.59. The van der Waals surface area contributed by atoms with Crippen LogP contribution in [0.5, 0.6) is 0 Å². The van der Waals surface area contributed by atoms with Crippen molar-refractivity contribution in [2.45, 2.75) is 38.8 Å². The lowest BCUT2D eigenvalue weighted by Gasteiger charge is -2.24. The number of rotatable bonds is 5. The number of nitrogens with one attached hydrogen (secondary N) is 1. The minimum Gasteiger partial charge on any atom is -0.389 e. The summed E-state index contributed by atoms with van der Waals surface area (Å²) in [5, 5.41) is 13.2. The molecule has 84 valence electrons. The second-order valence-corrected chi connectivity index (χ2v) is 4.36. The average Bonchev–Trinajstić information content (AvgIpc) is 2.27. The summed E-state index contributed by atoms with van der Waals surface area (Å²) in [6, 6.07) is 10.6. The van der Waals surface area contributed by atoms with Gasteiger partial charge in [0, 0.05) is 12.6 Å². The van der Waals surface area contributed by atoms with Crippen LogP contribution in [0.1, 0.15) is 38.8 Å². The summed E-state index contributed by atoms with van der Waals surface area (Å²) in [4.78, 5) is 0. The van der Waals surface area contributed by atoms with Crippen LogP contribution in [-0.4, -0.2) is 17.3 Å². The molecule has 0 aromatic heterocycles. The van der Waals surface area contributed by atoms with Crippen molar-refractivity contribution in [2.75, 3.05) is 6.54 Å². The quantitative estimate of drug-likeness (QED) is 0.777. The van der Waals surface area contributed by atoms with Gasteiger partial charge in [0.2, 0.25) is 0 Å². The summed E-state index contributed by atoms with van der Waals surface area (Å²) < 4.78 is 0. The Hall–Kier alpha value is -0.860. The molecular formula is C13H21NO. The molecule has 0 amide bonds. The van der Waals surface area contributed by atoms with Crippen LogP contribution in [0.15, 0.2) is 30.3 Å². The van der Waals surface area contributed by atoms with Crippen LogP contribution >= 0.6 is 0 Å². The molecule has 2 nitrogen and oxygen atoms in total. The topological polar surface area (TPSA) is 32.3 Å². The molecule has 2 N–H and O–H groups in total. The fourth-order valence-corrected chi connectivity index (χ4v) is 1.36. The van der Waals surface area contributed by atoms with Gasteiger partial charge in [0.05, 0.1) is 5.60 Å². The van der Waals surface area contributed by atoms with Gasteiger partial charge < -0.3 is 10.4 Å². The summed E-state index contributed by atoms with van der Waals surface area (Å²) in [6.07, 6.45) is 0.765. The molecule has 1 rings (SSSR count). The number of aliphatic hydroxyl groups is 1. The Bertz CT molecular complexity index is 282. The van der Waals surface area contributed by atoms with Crippen molar-refractivity contribution < 1.29 is 5.11 Å². The van der Waals surface area contributed by atoms with Crippen LogP contribution in [0.4, 0.5) is 0 Å². The Morgan fingerprint density at radius 3 is 2.47 bits per heavy atom. The molecule has 1 aromatic rings. The minimum atomic E-state index is -0.608. The van der Waals surface area contributed by atoms with Crippen LogP contribution < -0.4 is 5.32 Å². The lowest BCUT2D eigenvalue weighted by molar-refractivity contribution is 0.0533. The second-order valence-electron chi connectivity index (χ2n) is 4.36. The molecule has 0 aliphatic carbocycles. The molecule has 0 aliphatic heterocycles. The molecule has 0 spiro atoms. The van der Waals surface area contributed by atoms with E-state index in [1.165, 1.54) is 5.56 Å². The van der Waals surface area contributed by atoms with E-state index in [0.717, 1.165) is 6.42 Å². The van der Waals surface area contributed by atoms with E-state index in [-0.39, 0.29) is 6.04 Å². The van der Waals surface area contributed by atoms with Gasteiger partial charge in [-0.1, -0.05) is 37.3 Å². The van der Waals surface area contributed by atoms with E-state index in [1.54, 1.807) is 0 Å². The summed E-state index contributed by atoms with van der Waals surface area (Å²) in [5.41, 5.74) is 0.646. The van der Waals surface area contributed by atoms with Gasteiger partial charge in [0.25, 0.3) is 0 Å². The van der Waals surface area contributed by atoms with Crippen LogP contribution in [0.3, 0.4) is 0 Å². The van der Waals surface area contributed by atoms with Crippen molar-refractivity contribution in [3.05, 3.63) is 35.9 Å². The third-order valence-electron chi connectivity index (χ3n) is 2.85. The first-order valence-corrected chi connectivity index (χ1v) is 5.56. The highest BCUT2D eigenvalue weighted by Crippen LogP contribution is 2.13. The van der Waals surface area contributed by atoms with Gasteiger partial charge in [-0.15, -0.1) is 0 Å². The first-order valence-electron chi connectivity index (χ1n) is 5.56. The minimum absolute atomic E-state index is 0.282. The lowest BCUT2D eigenvalue weighted by atomic mass is 10.0. The maximum atomic E-state index is 9.86. The van der Waals surface area contributed by atoms with E-state index in [9.17, 15) is 5.11 Å². The Kier molecular flexibility index (Phi) is 4.30. The van der Waals surface area contributed by atoms with Gasteiger partial charge in [0.15, 0.2) is 0 Å². The van der Waals surface area contributed by atoms with Crippen LogP contribution in [-0.2, 0) is 0 Å². The zero-order chi connectivity index (χ0) is 11.3. The van der Waals surface area contributed by atoms with E-state index in [2.05, 4.69) is 24.4 Å². The Balaban J connectivity index is 2.47. The molecule has 0 aliphatic rings. The zero-order valence-corrected chi connectivity index (χ0v) is 9.83. The molecule has 0 bridgehead atoms. The fraction of sp³-hybridized carbons (Fsp3) is 0.538. The van der Waals surface area contributed by atoms with Crippen molar-refractivity contribution in [1.29, 1.82) is 0 Å². The van der Waals surface area contributed by atoms with E-state index in [1.807, 2.05) is 32.0 Å². The van der Waals surface area contributed by atoms with E-state index < -0.39 is 5.60 Å². The highest BCUT2D eigenvalue weighted by atomic mass is 16.3. The smallest absolute Gasteiger partial charge is 0.0741 e. The van der Waals surface area contributed by atoms with E-state index in [4.69, 9.17) is 0 Å². The third kappa shape index (κ3) is 4.02. The molecule has 0 saturated heterocycles. The van der Waals surface area contributed by atoms with Crippen LogP contribution in [0.25, 0.3) is 0 Å². The summed E-state index contributed by atoms with van der Waals surface area (Å²) in [7, 11) is 0. The Morgan fingerprint density at radius 1 is 1.33 bits per heavy atom. The second kappa shape index (κ2) is 5.29. The SMILES string of the molecule is CCC(C)(O)CNC(C)c1ccccc1. The lowest BCUT2D eigenvalue weighted by Crippen LogP contribution is -2.38. The highest BCUT2D eigenvalue weighted by Gasteiger charge is 2.18. The predicted octanol–water partition coefficient (Wildman–Crippen LogP) is 2.50. The Labute approximate surface area is 92.3 Å². The molecule has 0 saturated carbocycles. The molecule has 2 atom stereocenters. The molecule has 2 unspecified atom stereocenters. The third-order valence-corrected chi connectivity index (χ3v) is 2.85. The van der Waals surface area contributed by atoms with E-state index in [0.29, 0.717) is 6.54 Å². The zero-order valence-electron chi connectivity index (χ0n) is 9.83. The predicted molar refractivity (Wildman–Crippen MR) is 63.8 cm³/mol. The van der Waals surface area contributed by atoms with Crippen molar-refractivity contribution >= 4 is 0 Å². The molecule has 15 heavy (non-hydrogen) atoms. The normalized spacial score (nSPS) is 17.1. The monoisotopic (exact) mass is 207 g/mol. The van der Waals surface area contributed by atoms with Crippen molar-refractivity contribution in [1.82, 2.24) is 5.32 Å². The molecule has 0 heterocycles. The number of hydrogen-bond acceptors (Lipinski definition) is 2. The number of benzene rings is 1. The molecule has 2 heteroatoms. The van der Waals surface area contributed by atoms with Crippen molar-refractivity contribution in [3.8, 4) is 0 Å². The summed E-state index contributed by atoms with van der Waals surface area (Å²) in [5.74, 6) is 0. The van der Waals surface area contributed by atoms with Gasteiger partial charge >= 0.3 is 0 Å². The molecular weight excluding hydrogens is 186 g/mol. The maximum absolute atomic E-state index is 9.86. The molecule has 0 radical (unpaired) electrons. The van der Waals surface area contributed by atoms with Gasteiger partial charge in [0.1, 0.15) is 0 Å². The van der Waals surface area contributed by atoms with Gasteiger partial charge in [-0.05, 0) is 25.8 Å². The largest absolute Gasteiger partial charge is 0.389 e. The van der Waals surface area contributed by atoms with Crippen molar-refractivity contribution in [2.24, 2.45) is 0 Å². The highest BCUT2D eigenvalue weighted by molar-refractivity contribution is 5.18. The van der Waals surface area contributed by atoms with E-state index >= 15 is 0 Å². The average molecular weight is 207 g/mol. The van der Waals surface area contributed by atoms with Crippen LogP contribution in [0.2, 0.25) is 0 Å². The number of hydrogen-bond donors (Lipinski definition) is 2. The van der Waals surface area contributed by atoms with Gasteiger partial charge in [-0.25, -0.2) is 0 Å². The summed E-state index contributed by atoms with van der Waals surface area (Å²) >= 11 is 0. The fourth-order valence-electron chi connectivity index (χ4n) is 1.36. The standard InChI is InChI=1S/C13H21NO/c1-4-13(3,15)10-14-11(2)12-8-6-5-7-9-12/h5-9,11,14-15H,4,10H2,1-3H3. The first-order chi connectivity index (χ1) is 7.05. The van der Waals surface area contributed by atoms with Crippen LogP contribution in [0, 0.1) is 0 Å². The van der Waals surface area contributed by atoms with Gasteiger partial charge in [-0.3, -0.25) is 0 Å².